The molecule has 56 valence electrons. The third kappa shape index (κ3) is 2.45. The van der Waals surface area contributed by atoms with Crippen LogP contribution < -0.4 is 5.84 Å². The van der Waals surface area contributed by atoms with Crippen molar-refractivity contribution in [2.75, 3.05) is 12.7 Å². The molecule has 3 N–H and O–H groups in total. The molecular formula is C4H13N2O2P. The fourth-order valence-electron chi connectivity index (χ4n) is 0.403. The molecule has 0 saturated carbocycles. The molecule has 0 bridgehead atoms. The minimum atomic E-state index is -3.15. The summed E-state index contributed by atoms with van der Waals surface area (Å²) in [5.41, 5.74) is 0. The summed E-state index contributed by atoms with van der Waals surface area (Å²) in [5.74, 6) is 5.18. The Kier molecular flexibility index (Phi) is 3.36. The van der Waals surface area contributed by atoms with E-state index in [4.69, 9.17) is 10.7 Å². The molecule has 0 aliphatic rings. The summed E-state index contributed by atoms with van der Waals surface area (Å²) >= 11 is 0. The minimum Gasteiger partial charge on any atom is -0.332 e. The van der Waals surface area contributed by atoms with E-state index < -0.39 is 7.52 Å². The highest BCUT2D eigenvalue weighted by atomic mass is 31.2. The maximum Gasteiger partial charge on any atom is 0.282 e. The molecule has 5 heteroatoms. The zero-order valence-corrected chi connectivity index (χ0v) is 6.64. The number of hydrazine groups is 1. The first kappa shape index (κ1) is 9.11. The number of nitrogens with two attached hydrogens (primary N) is 1. The maximum absolute atomic E-state index is 10.9. The van der Waals surface area contributed by atoms with Gasteiger partial charge >= 0.3 is 0 Å². The van der Waals surface area contributed by atoms with Crippen LogP contribution in [0.1, 0.15) is 13.8 Å². The lowest BCUT2D eigenvalue weighted by molar-refractivity contribution is 0.364. The van der Waals surface area contributed by atoms with Crippen molar-refractivity contribution in [1.29, 1.82) is 0 Å². The van der Waals surface area contributed by atoms with Crippen molar-refractivity contribution in [3.63, 3.8) is 0 Å². The molecule has 0 aromatic rings. The second-order valence-electron chi connectivity index (χ2n) is 1.74. The molecular weight excluding hydrogens is 139 g/mol. The van der Waals surface area contributed by atoms with Gasteiger partial charge in [0.25, 0.3) is 7.52 Å². The Labute approximate surface area is 55.1 Å². The average Bonchev–Trinajstić information content (AvgIpc) is 1.86. The van der Waals surface area contributed by atoms with Crippen LogP contribution in [0.3, 0.4) is 0 Å². The third-order valence-corrected chi connectivity index (χ3v) is 3.05. The highest BCUT2D eigenvalue weighted by Gasteiger charge is 2.20. The SMILES string of the molecule is CCN(N)P(=O)(O)CC. The third-order valence-electron chi connectivity index (χ3n) is 1.14. The minimum absolute atomic E-state index is 0.206. The summed E-state index contributed by atoms with van der Waals surface area (Å²) in [6.07, 6.45) is 0.206. The zero-order chi connectivity index (χ0) is 7.49. The standard InChI is InChI=1S/C4H13N2O2P/c1-3-6(5)9(7,8)4-2/h3-5H2,1-2H3,(H,7,8). The molecule has 4 nitrogen and oxygen atoms in total. The number of rotatable bonds is 3. The van der Waals surface area contributed by atoms with Crippen LogP contribution >= 0.6 is 7.52 Å². The van der Waals surface area contributed by atoms with E-state index in [0.29, 0.717) is 6.54 Å². The Morgan fingerprint density at radius 2 is 2.11 bits per heavy atom. The van der Waals surface area contributed by atoms with Gasteiger partial charge in [0.1, 0.15) is 0 Å². The normalized spacial score (nSPS) is 17.9. The van der Waals surface area contributed by atoms with Crippen molar-refractivity contribution in [2.24, 2.45) is 5.84 Å². The van der Waals surface area contributed by atoms with Gasteiger partial charge in [-0.05, 0) is 0 Å². The molecule has 0 aromatic carbocycles. The zero-order valence-electron chi connectivity index (χ0n) is 5.74. The predicted octanol–water partition coefficient (Wildman–Crippen LogP) is 0.387. The first-order valence-corrected chi connectivity index (χ1v) is 4.69. The van der Waals surface area contributed by atoms with Gasteiger partial charge < -0.3 is 4.89 Å². The van der Waals surface area contributed by atoms with Gasteiger partial charge in [-0.25, -0.2) is 0 Å². The molecule has 0 aliphatic carbocycles. The fraction of sp³-hybridized carbons (Fsp3) is 1.00. The van der Waals surface area contributed by atoms with Crippen LogP contribution in [0.4, 0.5) is 0 Å². The molecule has 9 heavy (non-hydrogen) atoms. The van der Waals surface area contributed by atoms with E-state index in [2.05, 4.69) is 0 Å². The molecule has 0 heterocycles. The summed E-state index contributed by atoms with van der Waals surface area (Å²) < 4.78 is 11.8. The van der Waals surface area contributed by atoms with E-state index in [1.807, 2.05) is 0 Å². The van der Waals surface area contributed by atoms with Gasteiger partial charge in [0.15, 0.2) is 0 Å². The second-order valence-corrected chi connectivity index (χ2v) is 4.21. The van der Waals surface area contributed by atoms with Gasteiger partial charge in [-0.2, -0.15) is 4.78 Å². The second kappa shape index (κ2) is 3.32. The van der Waals surface area contributed by atoms with Crippen molar-refractivity contribution < 1.29 is 9.46 Å². The van der Waals surface area contributed by atoms with E-state index in [0.717, 1.165) is 4.78 Å². The molecule has 0 rings (SSSR count). The lowest BCUT2D eigenvalue weighted by atomic mass is 10.8. The molecule has 0 fully saturated rings. The molecule has 0 radical (unpaired) electrons. The fourth-order valence-corrected chi connectivity index (χ4v) is 1.21. The van der Waals surface area contributed by atoms with Gasteiger partial charge in [-0.3, -0.25) is 10.4 Å². The molecule has 1 atom stereocenters. The lowest BCUT2D eigenvalue weighted by Crippen LogP contribution is -2.27. The van der Waals surface area contributed by atoms with Crippen LogP contribution in [0, 0.1) is 0 Å². The Morgan fingerprint density at radius 1 is 1.67 bits per heavy atom. The summed E-state index contributed by atoms with van der Waals surface area (Å²) in [6.45, 7) is 3.77. The van der Waals surface area contributed by atoms with Crippen molar-refractivity contribution in [3.8, 4) is 0 Å². The van der Waals surface area contributed by atoms with Crippen LogP contribution in [0.15, 0.2) is 0 Å². The van der Waals surface area contributed by atoms with Gasteiger partial charge in [-0.15, -0.1) is 0 Å². The largest absolute Gasteiger partial charge is 0.332 e. The van der Waals surface area contributed by atoms with Crippen molar-refractivity contribution in [1.82, 2.24) is 4.78 Å². The van der Waals surface area contributed by atoms with Crippen molar-refractivity contribution in [3.05, 3.63) is 0 Å². The van der Waals surface area contributed by atoms with Crippen LogP contribution in [-0.4, -0.2) is 22.4 Å². The average molecular weight is 152 g/mol. The number of hydrogen-bond donors (Lipinski definition) is 2. The van der Waals surface area contributed by atoms with Gasteiger partial charge in [0.2, 0.25) is 0 Å². The molecule has 0 aromatic heterocycles. The summed E-state index contributed by atoms with van der Waals surface area (Å²) in [7, 11) is -3.15. The Bertz CT molecular complexity index is 128. The lowest BCUT2D eigenvalue weighted by Gasteiger charge is -2.18. The van der Waals surface area contributed by atoms with Crippen LogP contribution in [0.2, 0.25) is 0 Å². The topological polar surface area (TPSA) is 66.6 Å². The first-order valence-electron chi connectivity index (χ1n) is 2.89. The maximum atomic E-state index is 10.9. The summed E-state index contributed by atoms with van der Waals surface area (Å²) in [4.78, 5) is 8.95. The molecule has 1 unspecified atom stereocenters. The molecule has 0 amide bonds. The Balaban J connectivity index is 3.98. The van der Waals surface area contributed by atoms with E-state index >= 15 is 0 Å². The predicted molar refractivity (Wildman–Crippen MR) is 36.9 cm³/mol. The molecule has 0 aliphatic heterocycles. The van der Waals surface area contributed by atoms with E-state index in [9.17, 15) is 4.57 Å². The Hall–Kier alpha value is 0.110. The number of nitrogens with zero attached hydrogens (tertiary/aromatic N) is 1. The Morgan fingerprint density at radius 3 is 2.22 bits per heavy atom. The van der Waals surface area contributed by atoms with Crippen LogP contribution in [0.5, 0.6) is 0 Å². The van der Waals surface area contributed by atoms with Gasteiger partial charge in [0.05, 0.1) is 0 Å². The van der Waals surface area contributed by atoms with E-state index in [1.165, 1.54) is 0 Å². The van der Waals surface area contributed by atoms with Gasteiger partial charge in [-0.1, -0.05) is 13.8 Å². The smallest absolute Gasteiger partial charge is 0.282 e. The molecule has 0 saturated heterocycles. The highest BCUT2D eigenvalue weighted by molar-refractivity contribution is 7.55. The summed E-state index contributed by atoms with van der Waals surface area (Å²) in [5, 5.41) is 0. The first-order chi connectivity index (χ1) is 4.04. The molecule has 0 spiro atoms. The quantitative estimate of drug-likeness (QED) is 0.348. The van der Waals surface area contributed by atoms with Crippen molar-refractivity contribution in [2.45, 2.75) is 13.8 Å². The van der Waals surface area contributed by atoms with Gasteiger partial charge in [0, 0.05) is 12.7 Å². The van der Waals surface area contributed by atoms with Crippen molar-refractivity contribution >= 4 is 7.52 Å². The number of hydrogen-bond acceptors (Lipinski definition) is 2. The van der Waals surface area contributed by atoms with Crippen LogP contribution in [0.25, 0.3) is 0 Å². The monoisotopic (exact) mass is 152 g/mol. The highest BCUT2D eigenvalue weighted by Crippen LogP contribution is 2.41. The summed E-state index contributed by atoms with van der Waals surface area (Å²) in [6, 6.07) is 0. The van der Waals surface area contributed by atoms with E-state index in [1.54, 1.807) is 13.8 Å². The van der Waals surface area contributed by atoms with E-state index in [-0.39, 0.29) is 6.16 Å². The van der Waals surface area contributed by atoms with Crippen LogP contribution in [-0.2, 0) is 4.57 Å².